The van der Waals surface area contributed by atoms with E-state index in [-0.39, 0.29) is 0 Å². The Morgan fingerprint density at radius 1 is 1.00 bits per heavy atom. The third kappa shape index (κ3) is 2.86. The number of hydrogen-bond donors (Lipinski definition) is 1. The van der Waals surface area contributed by atoms with Gasteiger partial charge >= 0.3 is 0 Å². The number of aromatic nitrogens is 3. The molecule has 0 saturated carbocycles. The monoisotopic (exact) mass is 347 g/mol. The molecule has 0 aliphatic rings. The van der Waals surface area contributed by atoms with Gasteiger partial charge in [-0.1, -0.05) is 18.2 Å². The molecule has 0 saturated heterocycles. The summed E-state index contributed by atoms with van der Waals surface area (Å²) in [5.41, 5.74) is 3.69. The summed E-state index contributed by atoms with van der Waals surface area (Å²) in [6.45, 7) is 3.49. The van der Waals surface area contributed by atoms with E-state index < -0.39 is 11.5 Å². The van der Waals surface area contributed by atoms with Crippen LogP contribution in [0.1, 0.15) is 19.4 Å². The average Bonchev–Trinajstić information content (AvgIpc) is 3.05. The minimum Gasteiger partial charge on any atom is -0.386 e. The summed E-state index contributed by atoms with van der Waals surface area (Å²) in [5.74, 6) is -0.491. The minimum absolute atomic E-state index is 0.461. The van der Waals surface area contributed by atoms with Crippen molar-refractivity contribution in [2.45, 2.75) is 19.4 Å². The van der Waals surface area contributed by atoms with Gasteiger partial charge in [0.2, 0.25) is 5.95 Å². The summed E-state index contributed by atoms with van der Waals surface area (Å²) in [6, 6.07) is 16.7. The summed E-state index contributed by atoms with van der Waals surface area (Å²) < 4.78 is 16.0. The molecule has 0 fully saturated rings. The van der Waals surface area contributed by atoms with E-state index in [1.807, 2.05) is 47.0 Å². The van der Waals surface area contributed by atoms with Crippen LogP contribution >= 0.6 is 0 Å². The number of aliphatic hydroxyl groups is 1. The zero-order valence-corrected chi connectivity index (χ0v) is 14.5. The zero-order chi connectivity index (χ0) is 18.3. The first-order valence-electron chi connectivity index (χ1n) is 8.35. The van der Waals surface area contributed by atoms with Gasteiger partial charge in [-0.15, -0.1) is 0 Å². The Labute approximate surface area is 150 Å². The molecule has 26 heavy (non-hydrogen) atoms. The molecular formula is C21H18FN3O. The van der Waals surface area contributed by atoms with Crippen molar-refractivity contribution in [3.8, 4) is 16.8 Å². The number of rotatable bonds is 3. The SMILES string of the molecule is CC(C)(O)c1ccc2c(c1)ncn2-c1cccc(-c2cccnc2F)c1. The third-order valence-electron chi connectivity index (χ3n) is 4.45. The number of fused-ring (bicyclic) bond motifs is 1. The molecule has 0 aliphatic heterocycles. The number of nitrogens with zero attached hydrogens (tertiary/aromatic N) is 3. The molecule has 0 bridgehead atoms. The van der Waals surface area contributed by atoms with Crippen LogP contribution in [-0.4, -0.2) is 19.6 Å². The lowest BCUT2D eigenvalue weighted by molar-refractivity contribution is 0.0787. The molecular weight excluding hydrogens is 329 g/mol. The Bertz CT molecular complexity index is 1100. The predicted octanol–water partition coefficient (Wildman–Crippen LogP) is 4.45. The molecule has 0 aliphatic carbocycles. The van der Waals surface area contributed by atoms with Crippen molar-refractivity contribution in [2.24, 2.45) is 0 Å². The molecule has 5 heteroatoms. The zero-order valence-electron chi connectivity index (χ0n) is 14.5. The van der Waals surface area contributed by atoms with Crippen LogP contribution in [0.2, 0.25) is 0 Å². The van der Waals surface area contributed by atoms with Gasteiger partial charge < -0.3 is 5.11 Å². The van der Waals surface area contributed by atoms with Crippen molar-refractivity contribution in [3.05, 3.63) is 78.6 Å². The fourth-order valence-electron chi connectivity index (χ4n) is 3.02. The average molecular weight is 347 g/mol. The molecule has 4 aromatic rings. The summed E-state index contributed by atoms with van der Waals surface area (Å²) in [5, 5.41) is 10.2. The second-order valence-electron chi connectivity index (χ2n) is 6.77. The Hall–Kier alpha value is -3.05. The number of halogens is 1. The molecule has 0 radical (unpaired) electrons. The highest BCUT2D eigenvalue weighted by atomic mass is 19.1. The smallest absolute Gasteiger partial charge is 0.220 e. The van der Waals surface area contributed by atoms with Gasteiger partial charge in [0.15, 0.2) is 0 Å². The van der Waals surface area contributed by atoms with E-state index in [1.165, 1.54) is 6.20 Å². The van der Waals surface area contributed by atoms with Crippen LogP contribution in [0.4, 0.5) is 4.39 Å². The molecule has 2 heterocycles. The van der Waals surface area contributed by atoms with E-state index in [4.69, 9.17) is 0 Å². The molecule has 2 aromatic heterocycles. The summed E-state index contributed by atoms with van der Waals surface area (Å²) in [4.78, 5) is 8.18. The van der Waals surface area contributed by atoms with E-state index in [9.17, 15) is 9.50 Å². The van der Waals surface area contributed by atoms with Gasteiger partial charge in [0.1, 0.15) is 6.33 Å². The van der Waals surface area contributed by atoms with Gasteiger partial charge in [0, 0.05) is 17.4 Å². The standard InChI is InChI=1S/C21H18FN3O/c1-21(2,26)15-8-9-19-18(12-15)24-13-25(19)16-6-3-5-14(11-16)17-7-4-10-23-20(17)22/h3-13,26H,1-2H3. The molecule has 0 amide bonds. The predicted molar refractivity (Wildman–Crippen MR) is 99.5 cm³/mol. The maximum atomic E-state index is 14.0. The first-order chi connectivity index (χ1) is 12.4. The van der Waals surface area contributed by atoms with Crippen molar-refractivity contribution in [1.82, 2.24) is 14.5 Å². The van der Waals surface area contributed by atoms with E-state index in [2.05, 4.69) is 9.97 Å². The first kappa shape index (κ1) is 16.4. The summed E-state index contributed by atoms with van der Waals surface area (Å²) in [6.07, 6.45) is 3.17. The molecule has 1 N–H and O–H groups in total. The Morgan fingerprint density at radius 2 is 1.85 bits per heavy atom. The highest BCUT2D eigenvalue weighted by Crippen LogP contribution is 2.28. The van der Waals surface area contributed by atoms with Crippen LogP contribution in [0.15, 0.2) is 67.1 Å². The van der Waals surface area contributed by atoms with Crippen LogP contribution in [0, 0.1) is 5.95 Å². The summed E-state index contributed by atoms with van der Waals surface area (Å²) >= 11 is 0. The van der Waals surface area contributed by atoms with E-state index in [1.54, 1.807) is 32.3 Å². The van der Waals surface area contributed by atoms with Crippen molar-refractivity contribution >= 4 is 11.0 Å². The number of benzene rings is 2. The maximum Gasteiger partial charge on any atom is 0.220 e. The van der Waals surface area contributed by atoms with E-state index in [0.29, 0.717) is 5.56 Å². The molecule has 0 atom stereocenters. The number of hydrogen-bond acceptors (Lipinski definition) is 3. The van der Waals surface area contributed by atoms with Crippen molar-refractivity contribution < 1.29 is 9.50 Å². The van der Waals surface area contributed by atoms with E-state index >= 15 is 0 Å². The largest absolute Gasteiger partial charge is 0.386 e. The highest BCUT2D eigenvalue weighted by molar-refractivity contribution is 5.79. The second-order valence-corrected chi connectivity index (χ2v) is 6.77. The molecule has 4 nitrogen and oxygen atoms in total. The van der Waals surface area contributed by atoms with Crippen LogP contribution in [-0.2, 0) is 5.60 Å². The number of pyridine rings is 1. The molecule has 0 spiro atoms. The Balaban J connectivity index is 1.81. The lowest BCUT2D eigenvalue weighted by Gasteiger charge is -2.17. The minimum atomic E-state index is -0.921. The van der Waals surface area contributed by atoms with Crippen molar-refractivity contribution in [3.63, 3.8) is 0 Å². The fraction of sp³-hybridized carbons (Fsp3) is 0.143. The lowest BCUT2D eigenvalue weighted by atomic mass is 9.98. The van der Waals surface area contributed by atoms with Gasteiger partial charge in [-0.2, -0.15) is 4.39 Å². The van der Waals surface area contributed by atoms with Crippen LogP contribution in [0.5, 0.6) is 0 Å². The molecule has 2 aromatic carbocycles. The lowest BCUT2D eigenvalue weighted by Crippen LogP contribution is -2.15. The van der Waals surface area contributed by atoms with Crippen LogP contribution < -0.4 is 0 Å². The second kappa shape index (κ2) is 6.04. The van der Waals surface area contributed by atoms with Crippen molar-refractivity contribution in [2.75, 3.05) is 0 Å². The quantitative estimate of drug-likeness (QED) is 0.557. The Kier molecular flexibility index (Phi) is 3.81. The topological polar surface area (TPSA) is 50.9 Å². The number of imidazole rings is 1. The van der Waals surface area contributed by atoms with Gasteiger partial charge in [0.25, 0.3) is 0 Å². The Morgan fingerprint density at radius 3 is 2.62 bits per heavy atom. The van der Waals surface area contributed by atoms with E-state index in [0.717, 1.165) is 27.8 Å². The molecule has 130 valence electrons. The van der Waals surface area contributed by atoms with Gasteiger partial charge in [-0.05, 0) is 61.4 Å². The van der Waals surface area contributed by atoms with Crippen LogP contribution in [0.3, 0.4) is 0 Å². The van der Waals surface area contributed by atoms with Crippen molar-refractivity contribution in [1.29, 1.82) is 0 Å². The van der Waals surface area contributed by atoms with Gasteiger partial charge in [-0.3, -0.25) is 4.57 Å². The normalized spacial score (nSPS) is 11.8. The summed E-state index contributed by atoms with van der Waals surface area (Å²) in [7, 11) is 0. The fourth-order valence-corrected chi connectivity index (χ4v) is 3.02. The highest BCUT2D eigenvalue weighted by Gasteiger charge is 2.17. The molecule has 4 rings (SSSR count). The van der Waals surface area contributed by atoms with Gasteiger partial charge in [-0.25, -0.2) is 9.97 Å². The first-order valence-corrected chi connectivity index (χ1v) is 8.35. The van der Waals surface area contributed by atoms with Gasteiger partial charge in [0.05, 0.1) is 16.6 Å². The van der Waals surface area contributed by atoms with Crippen LogP contribution in [0.25, 0.3) is 27.8 Å². The molecule has 0 unspecified atom stereocenters. The third-order valence-corrected chi connectivity index (χ3v) is 4.45. The maximum absolute atomic E-state index is 14.0.